The molecule has 2 aliphatic rings. The van der Waals surface area contributed by atoms with Gasteiger partial charge in [-0.05, 0) is 42.7 Å². The van der Waals surface area contributed by atoms with Crippen LogP contribution in [0.2, 0.25) is 0 Å². The molecule has 9 heteroatoms. The van der Waals surface area contributed by atoms with Gasteiger partial charge in [0, 0.05) is 23.5 Å². The molecule has 156 valence electrons. The summed E-state index contributed by atoms with van der Waals surface area (Å²) in [6.45, 7) is 7.36. The van der Waals surface area contributed by atoms with E-state index < -0.39 is 39.0 Å². The molecule has 0 radical (unpaired) electrons. The smallest absolute Gasteiger partial charge is 0.232 e. The van der Waals surface area contributed by atoms with Crippen molar-refractivity contribution in [1.82, 2.24) is 10.6 Å². The zero-order chi connectivity index (χ0) is 21.3. The van der Waals surface area contributed by atoms with E-state index in [-0.39, 0.29) is 17.5 Å². The second-order valence-electron chi connectivity index (χ2n) is 6.99. The molecule has 0 saturated carbocycles. The molecule has 0 fully saturated rings. The number of aliphatic hydroxyl groups is 1. The molecule has 0 aromatic heterocycles. The maximum Gasteiger partial charge on any atom is 0.232 e. The predicted octanol–water partition coefficient (Wildman–Crippen LogP) is 2.95. The molecular weight excluding hydrogens is 400 g/mol. The van der Waals surface area contributed by atoms with E-state index in [4.69, 9.17) is 0 Å². The Morgan fingerprint density at radius 2 is 2.00 bits per heavy atom. The van der Waals surface area contributed by atoms with Crippen LogP contribution >= 0.6 is 0 Å². The van der Waals surface area contributed by atoms with Crippen molar-refractivity contribution in [2.24, 2.45) is 0 Å². The molecule has 2 aliphatic heterocycles. The van der Waals surface area contributed by atoms with Crippen molar-refractivity contribution in [3.05, 3.63) is 76.7 Å². The lowest BCUT2D eigenvalue weighted by Crippen LogP contribution is -2.36. The van der Waals surface area contributed by atoms with Crippen molar-refractivity contribution in [1.29, 1.82) is 0 Å². The van der Waals surface area contributed by atoms with Gasteiger partial charge < -0.3 is 15.7 Å². The highest BCUT2D eigenvalue weighted by Gasteiger charge is 2.33. The molecule has 2 unspecified atom stereocenters. The molecule has 0 aliphatic carbocycles. The summed E-state index contributed by atoms with van der Waals surface area (Å²) in [7, 11) is -3.78. The molecule has 6 nitrogen and oxygen atoms in total. The normalized spacial score (nSPS) is 19.2. The third-order valence-electron chi connectivity index (χ3n) is 4.69. The van der Waals surface area contributed by atoms with Crippen molar-refractivity contribution in [2.75, 3.05) is 10.5 Å². The highest BCUT2D eigenvalue weighted by molar-refractivity contribution is 7.92. The molecule has 0 bridgehead atoms. The summed E-state index contributed by atoms with van der Waals surface area (Å²) in [4.78, 5) is 0. The number of nitrogens with one attached hydrogen (secondary N) is 3. The molecule has 0 spiro atoms. The van der Waals surface area contributed by atoms with E-state index in [0.717, 1.165) is 23.3 Å². The van der Waals surface area contributed by atoms with Crippen molar-refractivity contribution in [2.45, 2.75) is 32.5 Å². The molecule has 1 aromatic carbocycles. The van der Waals surface area contributed by atoms with E-state index in [9.17, 15) is 17.9 Å². The maximum atomic E-state index is 15.0. The molecule has 2 heterocycles. The predicted molar refractivity (Wildman–Crippen MR) is 108 cm³/mol. The highest BCUT2D eigenvalue weighted by atomic mass is 32.2. The number of halogens is 2. The summed E-state index contributed by atoms with van der Waals surface area (Å²) in [5, 5.41) is 16.9. The SMILES string of the molecule is C=C(C)C1=CNC2NC=C(C(O)c3c(F)ccc(NS(=O)(=O)CCC)c3F)C2=C1. The Balaban J connectivity index is 1.97. The maximum absolute atomic E-state index is 15.0. The quantitative estimate of drug-likeness (QED) is 0.541. The molecular formula is C20H23F2N3O3S. The second-order valence-corrected chi connectivity index (χ2v) is 8.83. The third-order valence-corrected chi connectivity index (χ3v) is 6.17. The van der Waals surface area contributed by atoms with Gasteiger partial charge >= 0.3 is 0 Å². The van der Waals surface area contributed by atoms with Crippen LogP contribution in [0.4, 0.5) is 14.5 Å². The van der Waals surface area contributed by atoms with Crippen molar-refractivity contribution in [3.63, 3.8) is 0 Å². The first-order valence-corrected chi connectivity index (χ1v) is 10.8. The Kier molecular flexibility index (Phi) is 5.81. The van der Waals surface area contributed by atoms with E-state index in [1.54, 1.807) is 19.2 Å². The lowest BCUT2D eigenvalue weighted by molar-refractivity contribution is 0.207. The number of hydrogen-bond acceptors (Lipinski definition) is 5. The first-order valence-electron chi connectivity index (χ1n) is 9.11. The Morgan fingerprint density at radius 3 is 2.66 bits per heavy atom. The van der Waals surface area contributed by atoms with Crippen LogP contribution in [0.5, 0.6) is 0 Å². The van der Waals surface area contributed by atoms with E-state index in [2.05, 4.69) is 21.9 Å². The zero-order valence-corrected chi connectivity index (χ0v) is 16.9. The van der Waals surface area contributed by atoms with E-state index in [0.29, 0.717) is 12.0 Å². The van der Waals surface area contributed by atoms with E-state index >= 15 is 4.39 Å². The van der Waals surface area contributed by atoms with Crippen LogP contribution in [0.25, 0.3) is 0 Å². The van der Waals surface area contributed by atoms with Crippen LogP contribution in [0.3, 0.4) is 0 Å². The molecule has 0 saturated heterocycles. The average Bonchev–Trinajstić information content (AvgIpc) is 3.07. The fourth-order valence-electron chi connectivity index (χ4n) is 3.22. The first kappa shape index (κ1) is 21.1. The van der Waals surface area contributed by atoms with Crippen LogP contribution in [0.15, 0.2) is 59.5 Å². The van der Waals surface area contributed by atoms with Crippen LogP contribution in [-0.4, -0.2) is 25.4 Å². The topological polar surface area (TPSA) is 90.5 Å². The Hall–Kier alpha value is -2.65. The van der Waals surface area contributed by atoms with E-state index in [1.165, 1.54) is 6.20 Å². The van der Waals surface area contributed by atoms with Crippen molar-refractivity contribution in [3.8, 4) is 0 Å². The minimum atomic E-state index is -3.78. The minimum absolute atomic E-state index is 0.201. The van der Waals surface area contributed by atoms with Gasteiger partial charge in [0.15, 0.2) is 5.82 Å². The fraction of sp³-hybridized carbons (Fsp3) is 0.300. The molecule has 29 heavy (non-hydrogen) atoms. The third kappa shape index (κ3) is 4.20. The van der Waals surface area contributed by atoms with Crippen LogP contribution in [0, 0.1) is 11.6 Å². The minimum Gasteiger partial charge on any atom is -0.383 e. The van der Waals surface area contributed by atoms with Gasteiger partial charge in [0.05, 0.1) is 17.0 Å². The monoisotopic (exact) mass is 423 g/mol. The lowest BCUT2D eigenvalue weighted by Gasteiger charge is -2.24. The van der Waals surface area contributed by atoms with Gasteiger partial charge in [0.2, 0.25) is 10.0 Å². The summed E-state index contributed by atoms with van der Waals surface area (Å²) < 4.78 is 55.5. The molecule has 4 N–H and O–H groups in total. The van der Waals surface area contributed by atoms with Gasteiger partial charge in [-0.15, -0.1) is 0 Å². The average molecular weight is 423 g/mol. The highest BCUT2D eigenvalue weighted by Crippen LogP contribution is 2.38. The summed E-state index contributed by atoms with van der Waals surface area (Å²) >= 11 is 0. The van der Waals surface area contributed by atoms with Crippen molar-refractivity contribution >= 4 is 15.7 Å². The van der Waals surface area contributed by atoms with Gasteiger partial charge in [-0.2, -0.15) is 0 Å². The Morgan fingerprint density at radius 1 is 1.31 bits per heavy atom. The summed E-state index contributed by atoms with van der Waals surface area (Å²) in [6.07, 6.45) is 3.38. The Labute approximate surface area is 168 Å². The second kappa shape index (κ2) is 8.00. The number of dihydropyridines is 1. The fourth-order valence-corrected chi connectivity index (χ4v) is 4.36. The van der Waals surface area contributed by atoms with Gasteiger partial charge in [-0.3, -0.25) is 4.72 Å². The van der Waals surface area contributed by atoms with Crippen LogP contribution in [-0.2, 0) is 10.0 Å². The summed E-state index contributed by atoms with van der Waals surface area (Å²) in [5.74, 6) is -2.33. The Bertz CT molecular complexity index is 1050. The van der Waals surface area contributed by atoms with Gasteiger partial charge in [0.1, 0.15) is 18.1 Å². The number of rotatable bonds is 7. The summed E-state index contributed by atoms with van der Waals surface area (Å²) in [6, 6.07) is 1.93. The van der Waals surface area contributed by atoms with Gasteiger partial charge in [0.25, 0.3) is 0 Å². The number of allylic oxidation sites excluding steroid dienone is 3. The van der Waals surface area contributed by atoms with Crippen LogP contribution < -0.4 is 15.4 Å². The number of anilines is 1. The van der Waals surface area contributed by atoms with Crippen molar-refractivity contribution < 1.29 is 22.3 Å². The molecule has 3 rings (SSSR count). The first-order chi connectivity index (χ1) is 13.6. The molecule has 1 aromatic rings. The number of fused-ring (bicyclic) bond motifs is 1. The summed E-state index contributed by atoms with van der Waals surface area (Å²) in [5.41, 5.74) is 1.45. The number of aliphatic hydroxyl groups excluding tert-OH is 1. The number of benzene rings is 1. The number of sulfonamides is 1. The van der Waals surface area contributed by atoms with E-state index in [1.807, 2.05) is 6.92 Å². The van der Waals surface area contributed by atoms with Gasteiger partial charge in [-0.25, -0.2) is 17.2 Å². The molecule has 0 amide bonds. The standard InChI is InChI=1S/C20H23F2N3O3S/c1-4-7-29(27,28)25-16-6-5-15(21)17(18(16)22)19(26)14-10-24-20-13(14)8-12(9-23-20)11(2)3/h5-6,8-10,19-20,23-26H,2,4,7H2,1,3H3. The molecule has 2 atom stereocenters. The lowest BCUT2D eigenvalue weighted by atomic mass is 9.91. The van der Waals surface area contributed by atoms with Crippen LogP contribution in [0.1, 0.15) is 31.9 Å². The largest absolute Gasteiger partial charge is 0.383 e. The van der Waals surface area contributed by atoms with Gasteiger partial charge in [-0.1, -0.05) is 13.5 Å². The number of hydrogen-bond donors (Lipinski definition) is 4. The zero-order valence-electron chi connectivity index (χ0n) is 16.1.